The lowest BCUT2D eigenvalue weighted by Gasteiger charge is -2.43. The van der Waals surface area contributed by atoms with Crippen molar-refractivity contribution < 1.29 is 23.9 Å². The SMILES string of the molecule is CCN=C(C)C(C(=O)OC1OC(=O)c2ccccc21)N1C(=O)CC1SSc1nc2ccccc2s1. The van der Waals surface area contributed by atoms with Gasteiger partial charge in [-0.1, -0.05) is 41.1 Å². The van der Waals surface area contributed by atoms with E-state index < -0.39 is 24.3 Å². The zero-order chi connectivity index (χ0) is 24.5. The summed E-state index contributed by atoms with van der Waals surface area (Å²) in [6, 6.07) is 13.7. The van der Waals surface area contributed by atoms with E-state index in [0.717, 1.165) is 14.6 Å². The van der Waals surface area contributed by atoms with Crippen LogP contribution in [0.1, 0.15) is 42.5 Å². The molecule has 180 valence electrons. The highest BCUT2D eigenvalue weighted by Gasteiger charge is 2.47. The normalized spacial score (nSPS) is 20.4. The van der Waals surface area contributed by atoms with E-state index in [1.165, 1.54) is 26.5 Å². The maximum Gasteiger partial charge on any atom is 0.342 e. The Hall–Kier alpha value is -2.89. The fraction of sp³-hybridized carbons (Fsp3) is 0.292. The standard InChI is InChI=1S/C24H21N3O5S3/c1-3-25-13(2)20(22(30)32-23-15-9-5-4-8-14(15)21(29)31-23)27-18(28)12-19(27)34-35-24-26-16-10-6-7-11-17(16)33-24/h4-11,19-20,23H,3,12H2,1-2H3. The van der Waals surface area contributed by atoms with Gasteiger partial charge in [-0.15, -0.1) is 11.3 Å². The number of esters is 2. The lowest BCUT2D eigenvalue weighted by atomic mass is 10.0. The van der Waals surface area contributed by atoms with Crippen molar-refractivity contribution >= 4 is 66.7 Å². The quantitative estimate of drug-likeness (QED) is 0.177. The van der Waals surface area contributed by atoms with Gasteiger partial charge in [-0.2, -0.15) is 0 Å². The molecule has 3 unspecified atom stereocenters. The van der Waals surface area contributed by atoms with Crippen LogP contribution in [0.25, 0.3) is 10.2 Å². The van der Waals surface area contributed by atoms with Crippen molar-refractivity contribution in [1.82, 2.24) is 9.88 Å². The highest BCUT2D eigenvalue weighted by molar-refractivity contribution is 8.77. The minimum Gasteiger partial charge on any atom is -0.419 e. The molecular formula is C24H21N3O5S3. The second-order valence-electron chi connectivity index (χ2n) is 7.87. The number of aromatic nitrogens is 1. The van der Waals surface area contributed by atoms with Gasteiger partial charge in [0.05, 0.1) is 27.6 Å². The molecule has 2 aliphatic rings. The van der Waals surface area contributed by atoms with Gasteiger partial charge in [-0.25, -0.2) is 14.6 Å². The molecule has 0 saturated carbocycles. The Morgan fingerprint density at radius 1 is 1.26 bits per heavy atom. The Morgan fingerprint density at radius 3 is 2.80 bits per heavy atom. The third-order valence-electron chi connectivity index (χ3n) is 5.63. The number of aliphatic imine (C=N–C) groups is 1. The number of ether oxygens (including phenoxy) is 2. The minimum absolute atomic E-state index is 0.163. The average Bonchev–Trinajstić information content (AvgIpc) is 3.40. The number of amides is 1. The van der Waals surface area contributed by atoms with Gasteiger partial charge in [0, 0.05) is 17.8 Å². The molecule has 3 heterocycles. The van der Waals surface area contributed by atoms with Crippen molar-refractivity contribution in [3.8, 4) is 0 Å². The molecule has 2 aliphatic heterocycles. The minimum atomic E-state index is -1.15. The predicted molar refractivity (Wildman–Crippen MR) is 136 cm³/mol. The summed E-state index contributed by atoms with van der Waals surface area (Å²) >= 11 is 1.58. The van der Waals surface area contributed by atoms with E-state index in [-0.39, 0.29) is 11.3 Å². The van der Waals surface area contributed by atoms with Gasteiger partial charge in [0.1, 0.15) is 0 Å². The second kappa shape index (κ2) is 10.00. The fourth-order valence-electron chi connectivity index (χ4n) is 3.97. The third kappa shape index (κ3) is 4.67. The number of hydrogen-bond acceptors (Lipinski definition) is 10. The first-order valence-electron chi connectivity index (χ1n) is 11.0. The van der Waals surface area contributed by atoms with Crippen molar-refractivity contribution in [2.45, 2.75) is 42.3 Å². The summed E-state index contributed by atoms with van der Waals surface area (Å²) in [5, 5.41) is -0.252. The van der Waals surface area contributed by atoms with Crippen LogP contribution in [0.3, 0.4) is 0 Å². The van der Waals surface area contributed by atoms with Crippen LogP contribution < -0.4 is 0 Å². The van der Waals surface area contributed by atoms with E-state index in [0.29, 0.717) is 29.8 Å². The summed E-state index contributed by atoms with van der Waals surface area (Å²) in [5.41, 5.74) is 2.25. The van der Waals surface area contributed by atoms with Crippen LogP contribution in [0.15, 0.2) is 57.9 Å². The lowest BCUT2D eigenvalue weighted by molar-refractivity contribution is -0.176. The van der Waals surface area contributed by atoms with E-state index in [9.17, 15) is 14.4 Å². The summed E-state index contributed by atoms with van der Waals surface area (Å²) in [6.45, 7) is 4.02. The van der Waals surface area contributed by atoms with Gasteiger partial charge in [-0.05, 0) is 42.8 Å². The molecule has 1 aromatic heterocycles. The van der Waals surface area contributed by atoms with Gasteiger partial charge in [0.2, 0.25) is 5.91 Å². The van der Waals surface area contributed by atoms with Gasteiger partial charge < -0.3 is 14.4 Å². The highest BCUT2D eigenvalue weighted by atomic mass is 33.1. The van der Waals surface area contributed by atoms with E-state index in [1.807, 2.05) is 31.2 Å². The number of benzene rings is 2. The van der Waals surface area contributed by atoms with Gasteiger partial charge in [0.25, 0.3) is 6.29 Å². The Bertz CT molecular complexity index is 1310. The van der Waals surface area contributed by atoms with Gasteiger partial charge >= 0.3 is 11.9 Å². The van der Waals surface area contributed by atoms with E-state index >= 15 is 0 Å². The largest absolute Gasteiger partial charge is 0.419 e. The molecule has 0 bridgehead atoms. The molecule has 3 aromatic rings. The molecule has 1 fully saturated rings. The zero-order valence-corrected chi connectivity index (χ0v) is 21.3. The number of β-lactam (4-membered cyclic amide) rings is 1. The first-order chi connectivity index (χ1) is 17.0. The van der Waals surface area contributed by atoms with Crippen LogP contribution in [-0.4, -0.2) is 51.4 Å². The number of likely N-dealkylation sites (tertiary alicyclic amines) is 1. The van der Waals surface area contributed by atoms with Crippen molar-refractivity contribution in [2.75, 3.05) is 6.54 Å². The molecule has 0 spiro atoms. The Labute approximate surface area is 213 Å². The number of rotatable bonds is 8. The van der Waals surface area contributed by atoms with E-state index in [4.69, 9.17) is 9.47 Å². The zero-order valence-electron chi connectivity index (χ0n) is 18.9. The molecule has 8 nitrogen and oxygen atoms in total. The highest BCUT2D eigenvalue weighted by Crippen LogP contribution is 2.45. The summed E-state index contributed by atoms with van der Waals surface area (Å²) in [6.07, 6.45) is -0.852. The lowest BCUT2D eigenvalue weighted by Crippen LogP contribution is -2.61. The molecule has 5 rings (SSSR count). The van der Waals surface area contributed by atoms with Crippen molar-refractivity contribution in [3.05, 3.63) is 59.7 Å². The number of hydrogen-bond donors (Lipinski definition) is 0. The van der Waals surface area contributed by atoms with Crippen LogP contribution >= 0.6 is 32.9 Å². The third-order valence-corrected chi connectivity index (χ3v) is 9.65. The van der Waals surface area contributed by atoms with Crippen molar-refractivity contribution in [2.24, 2.45) is 4.99 Å². The molecule has 35 heavy (non-hydrogen) atoms. The fourth-order valence-corrected chi connectivity index (χ4v) is 7.77. The molecule has 0 aliphatic carbocycles. The van der Waals surface area contributed by atoms with Crippen LogP contribution in [0.4, 0.5) is 0 Å². The molecule has 0 N–H and O–H groups in total. The van der Waals surface area contributed by atoms with Crippen LogP contribution in [0, 0.1) is 0 Å². The second-order valence-corrected chi connectivity index (χ2v) is 11.5. The topological polar surface area (TPSA) is 98.2 Å². The van der Waals surface area contributed by atoms with Crippen LogP contribution in [-0.2, 0) is 19.1 Å². The number of para-hydroxylation sites is 1. The van der Waals surface area contributed by atoms with Gasteiger partial charge in [0.15, 0.2) is 10.4 Å². The molecule has 1 saturated heterocycles. The van der Waals surface area contributed by atoms with E-state index in [1.54, 1.807) is 42.5 Å². The number of thiazole rings is 1. The van der Waals surface area contributed by atoms with Crippen molar-refractivity contribution in [1.29, 1.82) is 0 Å². The van der Waals surface area contributed by atoms with Crippen LogP contribution in [0.5, 0.6) is 0 Å². The predicted octanol–water partition coefficient (Wildman–Crippen LogP) is 4.86. The molecule has 3 atom stereocenters. The van der Waals surface area contributed by atoms with Crippen molar-refractivity contribution in [3.63, 3.8) is 0 Å². The van der Waals surface area contributed by atoms with Gasteiger partial charge in [-0.3, -0.25) is 9.79 Å². The molecule has 11 heteroatoms. The molecular weight excluding hydrogens is 506 g/mol. The first kappa shape index (κ1) is 23.8. The Kier molecular flexibility index (Phi) is 6.81. The summed E-state index contributed by atoms with van der Waals surface area (Å²) in [4.78, 5) is 48.7. The maximum atomic E-state index is 13.3. The Morgan fingerprint density at radius 2 is 2.03 bits per heavy atom. The number of carbonyl (C=O) groups excluding carboxylic acids is 3. The van der Waals surface area contributed by atoms with E-state index in [2.05, 4.69) is 9.98 Å². The maximum absolute atomic E-state index is 13.3. The average molecular weight is 528 g/mol. The first-order valence-corrected chi connectivity index (χ1v) is 14.0. The molecule has 2 aromatic carbocycles. The summed E-state index contributed by atoms with van der Waals surface area (Å²) in [7, 11) is 2.96. The summed E-state index contributed by atoms with van der Waals surface area (Å²) in [5.74, 6) is -1.39. The molecule has 1 amide bonds. The summed E-state index contributed by atoms with van der Waals surface area (Å²) < 4.78 is 12.9. The number of fused-ring (bicyclic) bond motifs is 2. The number of carbonyl (C=O) groups is 3. The number of nitrogens with zero attached hydrogens (tertiary/aromatic N) is 3. The molecule has 0 radical (unpaired) electrons. The Balaban J connectivity index is 1.33. The van der Waals surface area contributed by atoms with Crippen LogP contribution in [0.2, 0.25) is 0 Å². The monoisotopic (exact) mass is 527 g/mol. The number of cyclic esters (lactones) is 1. The smallest absolute Gasteiger partial charge is 0.342 e.